The molecule has 1 unspecified atom stereocenters. The number of benzene rings is 1. The lowest BCUT2D eigenvalue weighted by atomic mass is 10.0. The Kier molecular flexibility index (Phi) is 3.03. The molecule has 3 N–H and O–H groups in total. The van der Waals surface area contributed by atoms with Crippen molar-refractivity contribution in [3.8, 4) is 5.75 Å². The van der Waals surface area contributed by atoms with Gasteiger partial charge in [0.15, 0.2) is 0 Å². The van der Waals surface area contributed by atoms with E-state index in [-0.39, 0.29) is 6.42 Å². The molecule has 5 heteroatoms. The van der Waals surface area contributed by atoms with E-state index in [0.29, 0.717) is 22.9 Å². The summed E-state index contributed by atoms with van der Waals surface area (Å²) in [5, 5.41) is 9.28. The Balaban J connectivity index is 2.36. The van der Waals surface area contributed by atoms with E-state index in [2.05, 4.69) is 0 Å². The second kappa shape index (κ2) is 4.31. The van der Waals surface area contributed by atoms with Gasteiger partial charge in [-0.2, -0.15) is 0 Å². The van der Waals surface area contributed by atoms with Crippen LogP contribution in [0.25, 0.3) is 0 Å². The summed E-state index contributed by atoms with van der Waals surface area (Å²) in [6.45, 7) is 0.600. The monoisotopic (exact) mass is 241 g/mol. The van der Waals surface area contributed by atoms with Crippen LogP contribution >= 0.6 is 11.6 Å². The van der Waals surface area contributed by atoms with E-state index < -0.39 is 12.0 Å². The number of carboxylic acids is 1. The molecule has 0 radical (unpaired) electrons. The second-order valence-corrected chi connectivity index (χ2v) is 4.22. The largest absolute Gasteiger partial charge is 0.493 e. The van der Waals surface area contributed by atoms with Crippen LogP contribution in [0.2, 0.25) is 5.02 Å². The molecule has 0 aliphatic carbocycles. The molecule has 0 spiro atoms. The molecule has 1 aromatic rings. The zero-order chi connectivity index (χ0) is 11.7. The lowest BCUT2D eigenvalue weighted by Gasteiger charge is -2.14. The van der Waals surface area contributed by atoms with Crippen molar-refractivity contribution in [2.24, 2.45) is 5.73 Å². The quantitative estimate of drug-likeness (QED) is 0.846. The zero-order valence-electron chi connectivity index (χ0n) is 8.57. The molecule has 16 heavy (non-hydrogen) atoms. The van der Waals surface area contributed by atoms with Gasteiger partial charge in [0.1, 0.15) is 5.75 Å². The summed E-state index contributed by atoms with van der Waals surface area (Å²) in [7, 11) is 0. The summed E-state index contributed by atoms with van der Waals surface area (Å²) >= 11 is 5.95. The van der Waals surface area contributed by atoms with Crippen molar-refractivity contribution in [3.63, 3.8) is 0 Å². The minimum Gasteiger partial charge on any atom is -0.493 e. The van der Waals surface area contributed by atoms with Gasteiger partial charge in [0.25, 0.3) is 0 Å². The van der Waals surface area contributed by atoms with Gasteiger partial charge >= 0.3 is 5.97 Å². The van der Waals surface area contributed by atoms with Gasteiger partial charge in [-0.05, 0) is 17.7 Å². The summed E-state index contributed by atoms with van der Waals surface area (Å²) in [6.07, 6.45) is 0.666. The Morgan fingerprint density at radius 2 is 2.38 bits per heavy atom. The van der Waals surface area contributed by atoms with Crippen molar-refractivity contribution >= 4 is 17.6 Å². The number of aliphatic carboxylic acids is 1. The molecule has 0 bridgehead atoms. The molecule has 0 saturated heterocycles. The molecule has 1 atom stereocenters. The summed E-state index contributed by atoms with van der Waals surface area (Å²) < 4.78 is 5.46. The SMILES string of the molecule is NC(CC(=O)O)c1cc(Cl)cc2c1OCC2. The first-order chi connectivity index (χ1) is 7.58. The van der Waals surface area contributed by atoms with E-state index in [1.54, 1.807) is 6.07 Å². The number of hydrogen-bond donors (Lipinski definition) is 2. The molecule has 1 aliphatic heterocycles. The van der Waals surface area contributed by atoms with Crippen LogP contribution in [-0.4, -0.2) is 17.7 Å². The number of halogens is 1. The molecular formula is C11H12ClNO3. The van der Waals surface area contributed by atoms with Crippen LogP contribution in [0.3, 0.4) is 0 Å². The Hall–Kier alpha value is -1.26. The van der Waals surface area contributed by atoms with Crippen LogP contribution in [0, 0.1) is 0 Å². The molecule has 4 nitrogen and oxygen atoms in total. The van der Waals surface area contributed by atoms with Crippen LogP contribution in [-0.2, 0) is 11.2 Å². The fourth-order valence-corrected chi connectivity index (χ4v) is 2.12. The third kappa shape index (κ3) is 2.13. The van der Waals surface area contributed by atoms with Crippen LogP contribution in [0.1, 0.15) is 23.6 Å². The maximum Gasteiger partial charge on any atom is 0.305 e. The Morgan fingerprint density at radius 1 is 1.62 bits per heavy atom. The highest BCUT2D eigenvalue weighted by Crippen LogP contribution is 2.36. The second-order valence-electron chi connectivity index (χ2n) is 3.79. The van der Waals surface area contributed by atoms with E-state index >= 15 is 0 Å². The Labute approximate surface area is 98.0 Å². The number of nitrogens with two attached hydrogens (primary N) is 1. The zero-order valence-corrected chi connectivity index (χ0v) is 9.33. The smallest absolute Gasteiger partial charge is 0.305 e. The lowest BCUT2D eigenvalue weighted by molar-refractivity contribution is -0.137. The van der Waals surface area contributed by atoms with E-state index in [1.807, 2.05) is 6.07 Å². The first-order valence-electron chi connectivity index (χ1n) is 5.00. The fraction of sp³-hybridized carbons (Fsp3) is 0.364. The molecule has 1 heterocycles. The Morgan fingerprint density at radius 3 is 3.06 bits per heavy atom. The first-order valence-corrected chi connectivity index (χ1v) is 5.38. The van der Waals surface area contributed by atoms with Gasteiger partial charge in [0, 0.05) is 23.0 Å². The average molecular weight is 242 g/mol. The highest BCUT2D eigenvalue weighted by Gasteiger charge is 2.22. The Bertz CT molecular complexity index is 433. The van der Waals surface area contributed by atoms with Crippen LogP contribution in [0.15, 0.2) is 12.1 Å². The molecular weight excluding hydrogens is 230 g/mol. The maximum absolute atomic E-state index is 10.6. The first kappa shape index (κ1) is 11.2. The third-order valence-electron chi connectivity index (χ3n) is 2.57. The van der Waals surface area contributed by atoms with Crippen molar-refractivity contribution < 1.29 is 14.6 Å². The van der Waals surface area contributed by atoms with Crippen molar-refractivity contribution in [1.82, 2.24) is 0 Å². The van der Waals surface area contributed by atoms with Crippen LogP contribution in [0.4, 0.5) is 0 Å². The lowest BCUT2D eigenvalue weighted by Crippen LogP contribution is -2.15. The van der Waals surface area contributed by atoms with Gasteiger partial charge in [-0.1, -0.05) is 11.6 Å². The van der Waals surface area contributed by atoms with Crippen molar-refractivity contribution in [2.75, 3.05) is 6.61 Å². The van der Waals surface area contributed by atoms with Gasteiger partial charge in [-0.3, -0.25) is 4.79 Å². The van der Waals surface area contributed by atoms with Gasteiger partial charge < -0.3 is 15.6 Å². The molecule has 1 aliphatic rings. The summed E-state index contributed by atoms with van der Waals surface area (Å²) in [4.78, 5) is 10.6. The normalized spacial score (nSPS) is 15.4. The van der Waals surface area contributed by atoms with Crippen molar-refractivity contribution in [2.45, 2.75) is 18.9 Å². The summed E-state index contributed by atoms with van der Waals surface area (Å²) in [5.41, 5.74) is 7.50. The molecule has 1 aromatic carbocycles. The fourth-order valence-electron chi connectivity index (χ4n) is 1.87. The summed E-state index contributed by atoms with van der Waals surface area (Å²) in [6, 6.07) is 2.93. The number of rotatable bonds is 3. The predicted molar refractivity (Wildman–Crippen MR) is 59.8 cm³/mol. The number of carbonyl (C=O) groups is 1. The van der Waals surface area contributed by atoms with Gasteiger partial charge in [-0.15, -0.1) is 0 Å². The highest BCUT2D eigenvalue weighted by molar-refractivity contribution is 6.30. The minimum atomic E-state index is -0.931. The number of ether oxygens (including phenoxy) is 1. The predicted octanol–water partition coefficient (Wildman–Crippen LogP) is 1.75. The van der Waals surface area contributed by atoms with Crippen LogP contribution < -0.4 is 10.5 Å². The van der Waals surface area contributed by atoms with E-state index in [0.717, 1.165) is 12.0 Å². The molecule has 0 fully saturated rings. The molecule has 0 saturated carbocycles. The van der Waals surface area contributed by atoms with Crippen LogP contribution in [0.5, 0.6) is 5.75 Å². The van der Waals surface area contributed by atoms with Gasteiger partial charge in [-0.25, -0.2) is 0 Å². The topological polar surface area (TPSA) is 72.6 Å². The standard InChI is InChI=1S/C11H12ClNO3/c12-7-3-6-1-2-16-11(6)8(4-7)9(13)5-10(14)15/h3-4,9H,1-2,5,13H2,(H,14,15). The third-order valence-corrected chi connectivity index (χ3v) is 2.79. The molecule has 86 valence electrons. The number of hydrogen-bond acceptors (Lipinski definition) is 3. The number of carboxylic acid groups (broad SMARTS) is 1. The maximum atomic E-state index is 10.6. The molecule has 2 rings (SSSR count). The van der Waals surface area contributed by atoms with Gasteiger partial charge in [0.2, 0.25) is 0 Å². The van der Waals surface area contributed by atoms with Gasteiger partial charge in [0.05, 0.1) is 13.0 Å². The molecule has 0 amide bonds. The molecule has 0 aromatic heterocycles. The highest BCUT2D eigenvalue weighted by atomic mass is 35.5. The van der Waals surface area contributed by atoms with E-state index in [1.165, 1.54) is 0 Å². The number of fused-ring (bicyclic) bond motifs is 1. The van der Waals surface area contributed by atoms with Crippen molar-refractivity contribution in [3.05, 3.63) is 28.3 Å². The average Bonchev–Trinajstić information content (AvgIpc) is 2.62. The van der Waals surface area contributed by atoms with E-state index in [4.69, 9.17) is 27.2 Å². The minimum absolute atomic E-state index is 0.129. The van der Waals surface area contributed by atoms with Crippen molar-refractivity contribution in [1.29, 1.82) is 0 Å². The summed E-state index contributed by atoms with van der Waals surface area (Å²) in [5.74, 6) is -0.225. The van der Waals surface area contributed by atoms with E-state index in [9.17, 15) is 4.79 Å².